The summed E-state index contributed by atoms with van der Waals surface area (Å²) in [5.74, 6) is -0.781. The number of anilines is 1. The summed E-state index contributed by atoms with van der Waals surface area (Å²) in [6, 6.07) is 12.8. The Balaban J connectivity index is 1.42. The van der Waals surface area contributed by atoms with Crippen LogP contribution >= 0.6 is 11.3 Å². The quantitative estimate of drug-likeness (QED) is 0.310. The zero-order valence-corrected chi connectivity index (χ0v) is 19.7. The van der Waals surface area contributed by atoms with Gasteiger partial charge in [-0.1, -0.05) is 54.2 Å². The number of hydrogen-bond acceptors (Lipinski definition) is 6. The third-order valence-corrected chi connectivity index (χ3v) is 7.55. The predicted molar refractivity (Wildman–Crippen MR) is 125 cm³/mol. The van der Waals surface area contributed by atoms with Gasteiger partial charge in [-0.15, -0.1) is 0 Å². The number of carbonyl (C=O) groups is 1. The van der Waals surface area contributed by atoms with Gasteiger partial charge >= 0.3 is 0 Å². The number of nitrogens with zero attached hydrogens (tertiary/aromatic N) is 1. The standard InChI is InChI=1S/C23H26FN3O3S2/c1-16-10-4-5-11-18(16)21(28)22-17(2)27-23(31-22)25-14-8-3-9-15-26-32(29,30)20-13-7-6-12-19(20)24/h4-7,10-13,26H,3,8-9,14-15H2,1-2H3,(H,25,27). The molecule has 0 aliphatic rings. The number of aryl methyl sites for hydroxylation is 2. The van der Waals surface area contributed by atoms with E-state index in [1.807, 2.05) is 38.1 Å². The van der Waals surface area contributed by atoms with E-state index in [9.17, 15) is 17.6 Å². The van der Waals surface area contributed by atoms with E-state index in [1.54, 1.807) is 0 Å². The Morgan fingerprint density at radius 3 is 2.44 bits per heavy atom. The molecule has 2 aromatic carbocycles. The minimum atomic E-state index is -3.84. The Labute approximate surface area is 192 Å². The van der Waals surface area contributed by atoms with Gasteiger partial charge in [-0.05, 0) is 44.4 Å². The minimum Gasteiger partial charge on any atom is -0.361 e. The molecule has 0 saturated heterocycles. The van der Waals surface area contributed by atoms with Crippen LogP contribution in [0.4, 0.5) is 9.52 Å². The summed E-state index contributed by atoms with van der Waals surface area (Å²) in [4.78, 5) is 17.6. The van der Waals surface area contributed by atoms with Crippen LogP contribution in [0.15, 0.2) is 53.4 Å². The van der Waals surface area contributed by atoms with E-state index in [4.69, 9.17) is 0 Å². The molecule has 0 bridgehead atoms. The molecule has 1 heterocycles. The first-order valence-corrected chi connectivity index (χ1v) is 12.7. The largest absolute Gasteiger partial charge is 0.361 e. The summed E-state index contributed by atoms with van der Waals surface area (Å²) in [5.41, 5.74) is 2.32. The van der Waals surface area contributed by atoms with E-state index in [0.717, 1.165) is 24.5 Å². The number of rotatable bonds is 11. The molecule has 0 fully saturated rings. The number of benzene rings is 2. The Bertz CT molecular complexity index is 1190. The van der Waals surface area contributed by atoms with Crippen molar-refractivity contribution in [3.8, 4) is 0 Å². The van der Waals surface area contributed by atoms with Crippen LogP contribution in [0, 0.1) is 19.7 Å². The molecule has 0 aliphatic heterocycles. The first-order chi connectivity index (χ1) is 15.3. The second-order valence-electron chi connectivity index (χ2n) is 7.39. The van der Waals surface area contributed by atoms with Gasteiger partial charge in [0.2, 0.25) is 15.8 Å². The lowest BCUT2D eigenvalue weighted by Crippen LogP contribution is -2.25. The fourth-order valence-corrected chi connectivity index (χ4v) is 5.30. The summed E-state index contributed by atoms with van der Waals surface area (Å²) in [7, 11) is -3.84. The average Bonchev–Trinajstić information content (AvgIpc) is 3.13. The SMILES string of the molecule is Cc1ccccc1C(=O)c1sc(NCCCCCNS(=O)(=O)c2ccccc2F)nc1C. The fraction of sp³-hybridized carbons (Fsp3) is 0.304. The number of nitrogens with one attached hydrogen (secondary N) is 2. The van der Waals surface area contributed by atoms with Crippen molar-refractivity contribution in [2.45, 2.75) is 38.0 Å². The van der Waals surface area contributed by atoms with Crippen LogP contribution in [-0.4, -0.2) is 32.3 Å². The first-order valence-electron chi connectivity index (χ1n) is 10.4. The van der Waals surface area contributed by atoms with Gasteiger partial charge in [0.15, 0.2) is 5.13 Å². The highest BCUT2D eigenvalue weighted by molar-refractivity contribution is 7.89. The molecule has 32 heavy (non-hydrogen) atoms. The maximum absolute atomic E-state index is 13.7. The summed E-state index contributed by atoms with van der Waals surface area (Å²) < 4.78 is 40.4. The van der Waals surface area contributed by atoms with E-state index < -0.39 is 15.8 Å². The van der Waals surface area contributed by atoms with Crippen LogP contribution in [0.25, 0.3) is 0 Å². The van der Waals surface area contributed by atoms with Gasteiger partial charge in [-0.2, -0.15) is 0 Å². The van der Waals surface area contributed by atoms with Crippen LogP contribution in [-0.2, 0) is 10.0 Å². The van der Waals surface area contributed by atoms with Crippen molar-refractivity contribution in [2.24, 2.45) is 0 Å². The lowest BCUT2D eigenvalue weighted by molar-refractivity contribution is 0.104. The minimum absolute atomic E-state index is 0.0201. The molecule has 3 aromatic rings. The molecule has 3 rings (SSSR count). The number of aromatic nitrogens is 1. The second kappa shape index (κ2) is 10.8. The average molecular weight is 476 g/mol. The Morgan fingerprint density at radius 2 is 1.69 bits per heavy atom. The summed E-state index contributed by atoms with van der Waals surface area (Å²) in [5, 5.41) is 3.93. The van der Waals surface area contributed by atoms with Crippen LogP contribution in [0.3, 0.4) is 0 Å². The van der Waals surface area contributed by atoms with Crippen LogP contribution in [0.2, 0.25) is 0 Å². The van der Waals surface area contributed by atoms with Gasteiger partial charge < -0.3 is 5.32 Å². The van der Waals surface area contributed by atoms with Gasteiger partial charge in [-0.3, -0.25) is 4.79 Å². The summed E-state index contributed by atoms with van der Waals surface area (Å²) in [6.07, 6.45) is 2.22. The molecule has 2 N–H and O–H groups in total. The third-order valence-electron chi connectivity index (χ3n) is 4.94. The monoisotopic (exact) mass is 475 g/mol. The zero-order valence-electron chi connectivity index (χ0n) is 18.0. The van der Waals surface area contributed by atoms with E-state index in [1.165, 1.54) is 29.5 Å². The Hall–Kier alpha value is -2.62. The molecule has 0 radical (unpaired) electrons. The molecule has 0 spiro atoms. The van der Waals surface area contributed by atoms with Gasteiger partial charge in [0.05, 0.1) is 10.6 Å². The fourth-order valence-electron chi connectivity index (χ4n) is 3.20. The molecule has 0 amide bonds. The zero-order chi connectivity index (χ0) is 23.1. The van der Waals surface area contributed by atoms with Gasteiger partial charge in [-0.25, -0.2) is 22.5 Å². The second-order valence-corrected chi connectivity index (χ2v) is 10.1. The Kier molecular flexibility index (Phi) is 8.11. The lowest BCUT2D eigenvalue weighted by atomic mass is 10.0. The molecular weight excluding hydrogens is 449 g/mol. The smallest absolute Gasteiger partial charge is 0.243 e. The molecule has 1 aromatic heterocycles. The number of unbranched alkanes of at least 4 members (excludes halogenated alkanes) is 2. The highest BCUT2D eigenvalue weighted by Gasteiger charge is 2.19. The molecule has 170 valence electrons. The molecule has 0 saturated carbocycles. The Morgan fingerprint density at radius 1 is 1.00 bits per heavy atom. The maximum atomic E-state index is 13.7. The molecule has 9 heteroatoms. The van der Waals surface area contributed by atoms with Crippen LogP contribution < -0.4 is 10.0 Å². The first kappa shape index (κ1) is 24.0. The molecule has 0 unspecified atom stereocenters. The van der Waals surface area contributed by atoms with Crippen molar-refractivity contribution in [2.75, 3.05) is 18.4 Å². The van der Waals surface area contributed by atoms with Crippen molar-refractivity contribution in [3.63, 3.8) is 0 Å². The molecule has 0 atom stereocenters. The summed E-state index contributed by atoms with van der Waals surface area (Å²) in [6.45, 7) is 4.64. The van der Waals surface area contributed by atoms with E-state index in [-0.39, 0.29) is 17.2 Å². The van der Waals surface area contributed by atoms with E-state index in [0.29, 0.717) is 34.2 Å². The van der Waals surface area contributed by atoms with Gasteiger partial charge in [0.1, 0.15) is 10.7 Å². The number of halogens is 1. The molecule has 6 nitrogen and oxygen atoms in total. The van der Waals surface area contributed by atoms with Gasteiger partial charge in [0.25, 0.3) is 0 Å². The highest BCUT2D eigenvalue weighted by atomic mass is 32.2. The topological polar surface area (TPSA) is 88.2 Å². The van der Waals surface area contributed by atoms with Crippen molar-refractivity contribution in [1.29, 1.82) is 0 Å². The van der Waals surface area contributed by atoms with Crippen molar-refractivity contribution < 1.29 is 17.6 Å². The number of ketones is 1. The predicted octanol–water partition coefficient (Wildman–Crippen LogP) is 4.69. The van der Waals surface area contributed by atoms with Crippen LogP contribution in [0.1, 0.15) is 45.8 Å². The highest BCUT2D eigenvalue weighted by Crippen LogP contribution is 2.26. The van der Waals surface area contributed by atoms with E-state index >= 15 is 0 Å². The number of hydrogen-bond donors (Lipinski definition) is 2. The van der Waals surface area contributed by atoms with Crippen molar-refractivity contribution in [3.05, 3.63) is 76.0 Å². The third kappa shape index (κ3) is 5.99. The number of carbonyl (C=O) groups excluding carboxylic acids is 1. The maximum Gasteiger partial charge on any atom is 0.243 e. The summed E-state index contributed by atoms with van der Waals surface area (Å²) >= 11 is 1.34. The number of sulfonamides is 1. The number of thiazole rings is 1. The van der Waals surface area contributed by atoms with Crippen molar-refractivity contribution >= 4 is 32.3 Å². The van der Waals surface area contributed by atoms with E-state index in [2.05, 4.69) is 15.0 Å². The van der Waals surface area contributed by atoms with Crippen molar-refractivity contribution in [1.82, 2.24) is 9.71 Å². The molecular formula is C23H26FN3O3S2. The van der Waals surface area contributed by atoms with Crippen LogP contribution in [0.5, 0.6) is 0 Å². The lowest BCUT2D eigenvalue weighted by Gasteiger charge is -2.07. The normalized spacial score (nSPS) is 11.5. The molecule has 0 aliphatic carbocycles. The van der Waals surface area contributed by atoms with Gasteiger partial charge in [0, 0.05) is 18.7 Å².